The normalized spacial score (nSPS) is 8.46. The van der Waals surface area contributed by atoms with Gasteiger partial charge in [0.1, 0.15) is 23.3 Å². The standard InChI is InChI=1S/2C10H9N3.CH2O3.Co.NO3/c2*1-3-7-11-9(5-1)13-10-6-2-4-8-12-10;2-1(3)4;;2-1(3)4/h2*1-8H,(H,11,12,13);(H2,2,3,4);;/q;;;+3;-1/p-2. The maximum absolute atomic E-state index is 8.33. The van der Waals surface area contributed by atoms with Gasteiger partial charge in [-0.25, -0.2) is 19.9 Å². The summed E-state index contributed by atoms with van der Waals surface area (Å²) in [5.74, 6) is 3.23. The molecule has 0 atom stereocenters. The Balaban J connectivity index is 0.000000499. The summed E-state index contributed by atoms with van der Waals surface area (Å²) in [7, 11) is 0. The molecule has 0 fully saturated rings. The molecule has 0 aliphatic carbocycles. The first-order valence-corrected chi connectivity index (χ1v) is 9.24. The van der Waals surface area contributed by atoms with Crippen LogP contribution in [0.2, 0.25) is 0 Å². The van der Waals surface area contributed by atoms with E-state index >= 15 is 0 Å². The quantitative estimate of drug-likeness (QED) is 0.290. The summed E-state index contributed by atoms with van der Waals surface area (Å²) in [5.41, 5.74) is 0. The van der Waals surface area contributed by atoms with E-state index in [1.54, 1.807) is 24.8 Å². The van der Waals surface area contributed by atoms with Gasteiger partial charge in [0, 0.05) is 24.8 Å². The van der Waals surface area contributed by atoms with Crippen LogP contribution in [0.1, 0.15) is 0 Å². The molecule has 35 heavy (non-hydrogen) atoms. The third kappa shape index (κ3) is 17.4. The molecule has 0 radical (unpaired) electrons. The van der Waals surface area contributed by atoms with Gasteiger partial charge in [-0.2, -0.15) is 0 Å². The molecule has 0 amide bonds. The van der Waals surface area contributed by atoms with Crippen molar-refractivity contribution in [1.82, 2.24) is 19.9 Å². The van der Waals surface area contributed by atoms with Crippen LogP contribution in [0.5, 0.6) is 0 Å². The van der Waals surface area contributed by atoms with Crippen molar-refractivity contribution in [2.45, 2.75) is 0 Å². The monoisotopic (exact) mass is 523 g/mol. The average molecular weight is 523 g/mol. The van der Waals surface area contributed by atoms with Crippen molar-refractivity contribution in [1.29, 1.82) is 0 Å². The molecular weight excluding hydrogens is 505 g/mol. The van der Waals surface area contributed by atoms with Gasteiger partial charge in [-0.15, -0.1) is 0 Å². The third-order valence-corrected chi connectivity index (χ3v) is 3.17. The molecule has 4 heterocycles. The van der Waals surface area contributed by atoms with E-state index in [-0.39, 0.29) is 16.8 Å². The van der Waals surface area contributed by atoms with Crippen LogP contribution in [0.3, 0.4) is 0 Å². The Morgan fingerprint density at radius 1 is 0.600 bits per heavy atom. The number of hydrogen-bond donors (Lipinski definition) is 2. The number of nitrogens with zero attached hydrogens (tertiary/aromatic N) is 5. The maximum atomic E-state index is 8.33. The molecule has 182 valence electrons. The molecule has 4 rings (SSSR count). The molecule has 0 bridgehead atoms. The minimum atomic E-state index is -2.33. The minimum Gasteiger partial charge on any atom is -0.652 e. The molecule has 0 aromatic carbocycles. The van der Waals surface area contributed by atoms with Crippen LogP contribution >= 0.6 is 0 Å². The Labute approximate surface area is 209 Å². The van der Waals surface area contributed by atoms with E-state index in [4.69, 9.17) is 30.3 Å². The Morgan fingerprint density at radius 3 is 0.943 bits per heavy atom. The first kappa shape index (κ1) is 30.2. The summed E-state index contributed by atoms with van der Waals surface area (Å²) in [6.45, 7) is 0. The van der Waals surface area contributed by atoms with Crippen molar-refractivity contribution in [3.05, 3.63) is 113 Å². The fraction of sp³-hybridized carbons (Fsp3) is 0. The Kier molecular flexibility index (Phi) is 16.1. The molecule has 14 heteroatoms. The van der Waals surface area contributed by atoms with E-state index in [0.29, 0.717) is 0 Å². The van der Waals surface area contributed by atoms with Crippen LogP contribution in [0.15, 0.2) is 97.6 Å². The van der Waals surface area contributed by atoms with Crippen LogP contribution in [-0.2, 0) is 16.8 Å². The number of carbonyl (C=O) groups is 1. The molecule has 0 aliphatic rings. The van der Waals surface area contributed by atoms with Gasteiger partial charge in [0.05, 0.1) is 5.09 Å². The molecule has 13 nitrogen and oxygen atoms in total. The minimum absolute atomic E-state index is 0. The van der Waals surface area contributed by atoms with Crippen molar-refractivity contribution >= 4 is 29.4 Å². The zero-order valence-electron chi connectivity index (χ0n) is 17.8. The van der Waals surface area contributed by atoms with Gasteiger partial charge < -0.3 is 41.0 Å². The summed E-state index contributed by atoms with van der Waals surface area (Å²) in [6, 6.07) is 22.8. The van der Waals surface area contributed by atoms with Gasteiger partial charge in [0.25, 0.3) is 0 Å². The number of hydrogen-bond acceptors (Lipinski definition) is 12. The van der Waals surface area contributed by atoms with Gasteiger partial charge >= 0.3 is 16.8 Å². The van der Waals surface area contributed by atoms with Gasteiger partial charge in [0.15, 0.2) is 0 Å². The van der Waals surface area contributed by atoms with Gasteiger partial charge in [-0.3, -0.25) is 0 Å². The number of aromatic nitrogens is 4. The van der Waals surface area contributed by atoms with Crippen molar-refractivity contribution in [2.75, 3.05) is 10.6 Å². The predicted octanol–water partition coefficient (Wildman–Crippen LogP) is 1.75. The van der Waals surface area contributed by atoms with E-state index in [0.717, 1.165) is 23.3 Å². The topological polar surface area (TPSA) is 205 Å². The van der Waals surface area contributed by atoms with Crippen LogP contribution in [0.4, 0.5) is 28.1 Å². The first-order valence-electron chi connectivity index (χ1n) is 9.24. The number of carbonyl (C=O) groups excluding carboxylic acids is 1. The number of rotatable bonds is 4. The second-order valence-corrected chi connectivity index (χ2v) is 5.58. The summed E-state index contributed by atoms with van der Waals surface area (Å²) in [6.07, 6.45) is 4.63. The summed E-state index contributed by atoms with van der Waals surface area (Å²) in [4.78, 5) is 33.1. The van der Waals surface area contributed by atoms with Gasteiger partial charge in [-0.1, -0.05) is 24.3 Å². The van der Waals surface area contributed by atoms with Gasteiger partial charge in [-0.05, 0) is 54.7 Å². The first-order chi connectivity index (χ1) is 16.4. The van der Waals surface area contributed by atoms with E-state index in [9.17, 15) is 0 Å². The summed E-state index contributed by atoms with van der Waals surface area (Å²) in [5, 5.41) is 37.6. The molecule has 0 unspecified atom stereocenters. The van der Waals surface area contributed by atoms with Crippen LogP contribution in [0, 0.1) is 15.3 Å². The van der Waals surface area contributed by atoms with Crippen molar-refractivity contribution in [3.8, 4) is 0 Å². The zero-order valence-corrected chi connectivity index (χ0v) is 18.8. The fourth-order valence-corrected chi connectivity index (χ4v) is 2.01. The average Bonchev–Trinajstić information content (AvgIpc) is 2.82. The SMILES string of the molecule is O=C([O-])[O-].O=[N+]([O-])[O-].[Co+3].c1ccc(Nc2ccccn2)nc1.c1ccc(Nc2ccccn2)nc1. The molecule has 0 saturated heterocycles. The molecule has 4 aromatic rings. The number of carboxylic acid groups (broad SMARTS) is 2. The van der Waals surface area contributed by atoms with Crippen LogP contribution in [-0.4, -0.2) is 31.2 Å². The Bertz CT molecular complexity index is 910. The van der Waals surface area contributed by atoms with E-state index in [1.807, 2.05) is 72.8 Å². The molecule has 0 aliphatic heterocycles. The number of pyridine rings is 4. The molecule has 2 N–H and O–H groups in total. The van der Waals surface area contributed by atoms with Crippen LogP contribution < -0.4 is 20.8 Å². The fourth-order valence-electron chi connectivity index (χ4n) is 2.01. The van der Waals surface area contributed by atoms with E-state index in [1.165, 1.54) is 0 Å². The number of anilines is 4. The Hall–Kier alpha value is -4.82. The molecule has 0 saturated carbocycles. The Morgan fingerprint density at radius 2 is 0.800 bits per heavy atom. The van der Waals surface area contributed by atoms with E-state index in [2.05, 4.69) is 30.6 Å². The van der Waals surface area contributed by atoms with Crippen molar-refractivity contribution in [2.24, 2.45) is 0 Å². The van der Waals surface area contributed by atoms with Gasteiger partial charge in [0.2, 0.25) is 0 Å². The largest absolute Gasteiger partial charge is 3.00 e. The van der Waals surface area contributed by atoms with Crippen LogP contribution in [0.25, 0.3) is 0 Å². The summed E-state index contributed by atoms with van der Waals surface area (Å²) < 4.78 is 0. The van der Waals surface area contributed by atoms with E-state index < -0.39 is 11.2 Å². The molecule has 4 aromatic heterocycles. The number of nitrogens with one attached hydrogen (secondary N) is 2. The second kappa shape index (κ2) is 18.7. The summed E-state index contributed by atoms with van der Waals surface area (Å²) >= 11 is 0. The third-order valence-electron chi connectivity index (χ3n) is 3.17. The maximum Gasteiger partial charge on any atom is 3.00 e. The molecule has 0 spiro atoms. The smallest absolute Gasteiger partial charge is 0.652 e. The molecular formula is C21H18CoN7O6. The second-order valence-electron chi connectivity index (χ2n) is 5.58. The van der Waals surface area contributed by atoms with Crippen molar-refractivity contribution < 1.29 is 36.9 Å². The predicted molar refractivity (Wildman–Crippen MR) is 119 cm³/mol. The van der Waals surface area contributed by atoms with Crippen molar-refractivity contribution in [3.63, 3.8) is 0 Å². The zero-order chi connectivity index (χ0) is 25.0.